The summed E-state index contributed by atoms with van der Waals surface area (Å²) < 4.78 is 7.69. The van der Waals surface area contributed by atoms with Crippen molar-refractivity contribution in [3.63, 3.8) is 0 Å². The van der Waals surface area contributed by atoms with Gasteiger partial charge >= 0.3 is 0 Å². The van der Waals surface area contributed by atoms with Gasteiger partial charge in [-0.2, -0.15) is 5.10 Å². The van der Waals surface area contributed by atoms with E-state index in [9.17, 15) is 0 Å². The Hall–Kier alpha value is -3.76. The molecule has 2 N–H and O–H groups in total. The van der Waals surface area contributed by atoms with Gasteiger partial charge in [0.25, 0.3) is 0 Å². The monoisotopic (exact) mass is 454 g/mol. The van der Waals surface area contributed by atoms with Gasteiger partial charge in [0.05, 0.1) is 25.1 Å². The number of aromatic nitrogens is 3. The van der Waals surface area contributed by atoms with E-state index in [4.69, 9.17) is 10.6 Å². The number of hydrazone groups is 1. The zero-order valence-corrected chi connectivity index (χ0v) is 19.7. The Kier molecular flexibility index (Phi) is 7.84. The summed E-state index contributed by atoms with van der Waals surface area (Å²) in [6.45, 7) is 6.04. The van der Waals surface area contributed by atoms with Gasteiger partial charge in [0.15, 0.2) is 0 Å². The van der Waals surface area contributed by atoms with Crippen LogP contribution in [0.15, 0.2) is 58.8 Å². The maximum absolute atomic E-state index is 5.81. The van der Waals surface area contributed by atoms with Gasteiger partial charge in [0.2, 0.25) is 0 Å². The summed E-state index contributed by atoms with van der Waals surface area (Å²) in [6.07, 6.45) is 7.34. The van der Waals surface area contributed by atoms with E-state index in [1.807, 2.05) is 54.2 Å². The number of aliphatic imine (C=N–C) groups is 1. The molecule has 174 valence electrons. The molecule has 1 atom stereocenters. The Labute approximate surface area is 200 Å². The van der Waals surface area contributed by atoms with Gasteiger partial charge < -0.3 is 10.6 Å². The minimum Gasteiger partial charge on any atom is -0.376 e. The van der Waals surface area contributed by atoms with Crippen LogP contribution in [0.2, 0.25) is 0 Å². The molecule has 1 fully saturated rings. The van der Waals surface area contributed by atoms with Gasteiger partial charge in [0.1, 0.15) is 18.0 Å². The zero-order valence-electron chi connectivity index (χ0n) is 19.7. The molecule has 7 heteroatoms. The number of aryl methyl sites for hydroxylation is 2. The van der Waals surface area contributed by atoms with Crippen molar-refractivity contribution < 1.29 is 4.74 Å². The predicted molar refractivity (Wildman–Crippen MR) is 136 cm³/mol. The molecule has 1 aliphatic rings. The third kappa shape index (κ3) is 5.97. The molecule has 0 bridgehead atoms. The number of nitrogens with zero attached hydrogens (tertiary/aromatic N) is 5. The molecule has 0 amide bonds. The summed E-state index contributed by atoms with van der Waals surface area (Å²) in [6, 6.07) is 14.1. The van der Waals surface area contributed by atoms with E-state index in [1.54, 1.807) is 6.21 Å². The van der Waals surface area contributed by atoms with Crippen LogP contribution in [-0.2, 0) is 11.3 Å². The molecular weight excluding hydrogens is 424 g/mol. The molecule has 1 saturated heterocycles. The summed E-state index contributed by atoms with van der Waals surface area (Å²) in [7, 11) is 0. The largest absolute Gasteiger partial charge is 0.376 e. The van der Waals surface area contributed by atoms with E-state index < -0.39 is 0 Å². The van der Waals surface area contributed by atoms with Crippen LogP contribution in [0.4, 0.5) is 0 Å². The van der Waals surface area contributed by atoms with Crippen LogP contribution < -0.4 is 5.84 Å². The Morgan fingerprint density at radius 1 is 1.21 bits per heavy atom. The molecule has 1 unspecified atom stereocenters. The molecule has 7 nitrogen and oxygen atoms in total. The van der Waals surface area contributed by atoms with Gasteiger partial charge in [-0.1, -0.05) is 47.4 Å². The summed E-state index contributed by atoms with van der Waals surface area (Å²) >= 11 is 0. The maximum atomic E-state index is 5.81. The second kappa shape index (κ2) is 11.4. The van der Waals surface area contributed by atoms with E-state index in [0.717, 1.165) is 59.5 Å². The number of hydrogen-bond donors (Lipinski definition) is 1. The van der Waals surface area contributed by atoms with E-state index in [1.165, 1.54) is 6.42 Å². The standard InChI is InChI=1S/C27H30N6O/c1-20-8-3-4-11-24(20)26(30-28)17-29-14-7-9-22-12-13-25(21(2)16-22)27-19-33(32-31-27)18-23-10-5-6-15-34-23/h3-4,8,11-13,16-17,19,23H,5-6,10,14-15,18,28H2,1-2H3/b29-17?,30-26+. The predicted octanol–water partition coefficient (Wildman–Crippen LogP) is 3.92. The summed E-state index contributed by atoms with van der Waals surface area (Å²) in [5.74, 6) is 11.8. The van der Waals surface area contributed by atoms with Crippen LogP contribution in [0.3, 0.4) is 0 Å². The van der Waals surface area contributed by atoms with Crippen molar-refractivity contribution in [1.29, 1.82) is 0 Å². The summed E-state index contributed by atoms with van der Waals surface area (Å²) in [4.78, 5) is 4.37. The minimum atomic E-state index is 0.230. The molecular formula is C27H30N6O. The van der Waals surface area contributed by atoms with Crippen molar-refractivity contribution in [2.24, 2.45) is 15.9 Å². The number of hydrogen-bond acceptors (Lipinski definition) is 6. The molecule has 1 aromatic heterocycles. The van der Waals surface area contributed by atoms with Crippen molar-refractivity contribution in [2.75, 3.05) is 13.2 Å². The quantitative estimate of drug-likeness (QED) is 0.265. The zero-order chi connectivity index (χ0) is 23.8. The van der Waals surface area contributed by atoms with Crippen molar-refractivity contribution in [3.8, 4) is 23.1 Å². The minimum absolute atomic E-state index is 0.230. The van der Waals surface area contributed by atoms with Crippen molar-refractivity contribution in [1.82, 2.24) is 15.0 Å². The molecule has 3 aromatic rings. The second-order valence-electron chi connectivity index (χ2n) is 8.44. The first-order valence-corrected chi connectivity index (χ1v) is 11.6. The Morgan fingerprint density at radius 3 is 2.85 bits per heavy atom. The first-order valence-electron chi connectivity index (χ1n) is 11.6. The summed E-state index contributed by atoms with van der Waals surface area (Å²) in [5.41, 5.74) is 6.67. The summed E-state index contributed by atoms with van der Waals surface area (Å²) in [5, 5.41) is 12.5. The third-order valence-corrected chi connectivity index (χ3v) is 5.88. The van der Waals surface area contributed by atoms with Crippen LogP contribution in [0.25, 0.3) is 11.3 Å². The normalized spacial score (nSPS) is 16.4. The number of ether oxygens (including phenoxy) is 1. The van der Waals surface area contributed by atoms with Crippen LogP contribution in [-0.4, -0.2) is 46.2 Å². The lowest BCUT2D eigenvalue weighted by Crippen LogP contribution is -2.24. The highest BCUT2D eigenvalue weighted by atomic mass is 16.5. The fourth-order valence-corrected chi connectivity index (χ4v) is 4.05. The fourth-order valence-electron chi connectivity index (χ4n) is 4.05. The van der Waals surface area contributed by atoms with Gasteiger partial charge in [-0.3, -0.25) is 4.99 Å². The number of nitrogens with two attached hydrogens (primary N) is 1. The van der Waals surface area contributed by atoms with Crippen LogP contribution in [0.1, 0.15) is 41.5 Å². The fraction of sp³-hybridized carbons (Fsp3) is 0.333. The lowest BCUT2D eigenvalue weighted by molar-refractivity contribution is 0.00370. The topological polar surface area (TPSA) is 90.7 Å². The molecule has 0 spiro atoms. The van der Waals surface area contributed by atoms with Gasteiger partial charge in [-0.15, -0.1) is 5.10 Å². The molecule has 0 radical (unpaired) electrons. The first kappa shape index (κ1) is 23.4. The number of rotatable bonds is 6. The molecule has 2 heterocycles. The Morgan fingerprint density at radius 2 is 2.09 bits per heavy atom. The van der Waals surface area contributed by atoms with Gasteiger partial charge in [-0.05, 0) is 56.4 Å². The molecule has 4 rings (SSSR count). The average molecular weight is 455 g/mol. The van der Waals surface area contributed by atoms with Gasteiger partial charge in [0, 0.05) is 23.3 Å². The highest BCUT2D eigenvalue weighted by molar-refractivity contribution is 6.38. The molecule has 0 saturated carbocycles. The second-order valence-corrected chi connectivity index (χ2v) is 8.44. The molecule has 2 aromatic carbocycles. The van der Waals surface area contributed by atoms with Crippen LogP contribution in [0, 0.1) is 25.7 Å². The smallest absolute Gasteiger partial charge is 0.113 e. The van der Waals surface area contributed by atoms with E-state index in [0.29, 0.717) is 12.3 Å². The van der Waals surface area contributed by atoms with E-state index in [2.05, 4.69) is 45.2 Å². The van der Waals surface area contributed by atoms with E-state index >= 15 is 0 Å². The molecule has 34 heavy (non-hydrogen) atoms. The highest BCUT2D eigenvalue weighted by Crippen LogP contribution is 2.22. The third-order valence-electron chi connectivity index (χ3n) is 5.88. The van der Waals surface area contributed by atoms with Crippen molar-refractivity contribution >= 4 is 11.9 Å². The Bertz CT molecular complexity index is 1240. The lowest BCUT2D eigenvalue weighted by Gasteiger charge is -2.21. The van der Waals surface area contributed by atoms with Crippen LogP contribution >= 0.6 is 0 Å². The highest BCUT2D eigenvalue weighted by Gasteiger charge is 2.16. The lowest BCUT2D eigenvalue weighted by atomic mass is 10.0. The average Bonchev–Trinajstić information content (AvgIpc) is 3.31. The van der Waals surface area contributed by atoms with Crippen molar-refractivity contribution in [3.05, 3.63) is 70.9 Å². The van der Waals surface area contributed by atoms with Crippen molar-refractivity contribution in [2.45, 2.75) is 45.8 Å². The first-order chi connectivity index (χ1) is 16.6. The number of benzene rings is 2. The molecule has 0 aliphatic carbocycles. The molecule has 1 aliphatic heterocycles. The maximum Gasteiger partial charge on any atom is 0.113 e. The SMILES string of the molecule is Cc1ccccc1/C(C=NCC#Cc1ccc(-c2cn(CC3CCCCO3)nn2)c(C)c1)=N/N. The van der Waals surface area contributed by atoms with E-state index in [-0.39, 0.29) is 6.10 Å². The Balaban J connectivity index is 1.37. The van der Waals surface area contributed by atoms with Crippen LogP contribution in [0.5, 0.6) is 0 Å². The van der Waals surface area contributed by atoms with Gasteiger partial charge in [-0.25, -0.2) is 4.68 Å².